The summed E-state index contributed by atoms with van der Waals surface area (Å²) in [6, 6.07) is -1.11. The summed E-state index contributed by atoms with van der Waals surface area (Å²) in [6.45, 7) is 1.89. The van der Waals surface area contributed by atoms with Crippen molar-refractivity contribution >= 4 is 33.7 Å². The summed E-state index contributed by atoms with van der Waals surface area (Å²) >= 11 is 1.27. The van der Waals surface area contributed by atoms with E-state index in [1.54, 1.807) is 6.07 Å². The van der Waals surface area contributed by atoms with Crippen molar-refractivity contribution in [3.05, 3.63) is 21.4 Å². The second kappa shape index (κ2) is 4.91. The average molecular weight is 348 g/mol. The molecular weight excluding hydrogens is 336 g/mol. The van der Waals surface area contributed by atoms with Gasteiger partial charge in [-0.2, -0.15) is 13.5 Å². The Hall–Kier alpha value is -1.69. The molecule has 1 fully saturated rings. The van der Waals surface area contributed by atoms with Gasteiger partial charge in [0, 0.05) is 9.75 Å². The van der Waals surface area contributed by atoms with Crippen LogP contribution in [0.1, 0.15) is 34.3 Å². The van der Waals surface area contributed by atoms with Crippen molar-refractivity contribution < 1.29 is 31.9 Å². The van der Waals surface area contributed by atoms with Crippen LogP contribution < -0.4 is 0 Å². The van der Waals surface area contributed by atoms with Gasteiger partial charge in [-0.1, -0.05) is 6.92 Å². The smallest absolute Gasteiger partial charge is 0.418 e. The number of nitrogens with zero attached hydrogens (tertiary/aromatic N) is 2. The molecule has 2 atom stereocenters. The number of carboxylic acids is 1. The first-order valence-corrected chi connectivity index (χ1v) is 8.53. The lowest BCUT2D eigenvalue weighted by atomic mass is 9.99. The molecule has 2 amide bonds. The molecule has 2 aliphatic heterocycles. The predicted octanol–water partition coefficient (Wildman–Crippen LogP) is 0.963. The molecule has 1 saturated heterocycles. The van der Waals surface area contributed by atoms with Crippen LogP contribution in [0.3, 0.4) is 0 Å². The number of carboxylic acid groups (broad SMARTS) is 1. The molecule has 22 heavy (non-hydrogen) atoms. The number of urea groups is 1. The van der Waals surface area contributed by atoms with Gasteiger partial charge in [-0.05, 0) is 18.1 Å². The molecule has 3 rings (SSSR count). The molecule has 9 nitrogen and oxygen atoms in total. The second-order valence-electron chi connectivity index (χ2n) is 4.91. The fraction of sp³-hybridized carbons (Fsp3) is 0.455. The average Bonchev–Trinajstić information content (AvgIpc) is 2.94. The lowest BCUT2D eigenvalue weighted by Gasteiger charge is -2.27. The summed E-state index contributed by atoms with van der Waals surface area (Å²) in [7, 11) is -4.88. The Morgan fingerprint density at radius 2 is 2.23 bits per heavy atom. The van der Waals surface area contributed by atoms with E-state index in [4.69, 9.17) is 4.55 Å². The van der Waals surface area contributed by atoms with Crippen LogP contribution in [0.2, 0.25) is 0 Å². The molecule has 0 aromatic carbocycles. The normalized spacial score (nSPS) is 23.8. The van der Waals surface area contributed by atoms with E-state index in [9.17, 15) is 23.1 Å². The van der Waals surface area contributed by atoms with E-state index < -0.39 is 34.5 Å². The van der Waals surface area contributed by atoms with Crippen molar-refractivity contribution in [3.8, 4) is 0 Å². The fourth-order valence-electron chi connectivity index (χ4n) is 2.73. The molecule has 0 radical (unpaired) electrons. The first-order chi connectivity index (χ1) is 10.2. The van der Waals surface area contributed by atoms with Crippen molar-refractivity contribution in [2.24, 2.45) is 0 Å². The maximum Gasteiger partial charge on any atom is 0.418 e. The van der Waals surface area contributed by atoms with E-state index in [0.717, 1.165) is 9.78 Å². The number of amides is 2. The van der Waals surface area contributed by atoms with E-state index in [0.29, 0.717) is 21.9 Å². The van der Waals surface area contributed by atoms with Gasteiger partial charge in [-0.25, -0.2) is 9.59 Å². The summed E-state index contributed by atoms with van der Waals surface area (Å²) in [4.78, 5) is 26.1. The molecule has 0 spiro atoms. The van der Waals surface area contributed by atoms with Crippen molar-refractivity contribution in [2.75, 3.05) is 6.54 Å². The van der Waals surface area contributed by atoms with E-state index in [-0.39, 0.29) is 6.54 Å². The van der Waals surface area contributed by atoms with Crippen LogP contribution in [-0.4, -0.2) is 46.6 Å². The summed E-state index contributed by atoms with van der Waals surface area (Å²) in [6.07, 6.45) is 0.684. The third-order valence-electron chi connectivity index (χ3n) is 3.60. The minimum absolute atomic E-state index is 0.0157. The number of thiophene rings is 1. The Balaban J connectivity index is 2.10. The Kier molecular flexibility index (Phi) is 3.40. The summed E-state index contributed by atoms with van der Waals surface area (Å²) in [5, 5.41) is 9.93. The van der Waals surface area contributed by atoms with Crippen LogP contribution in [0, 0.1) is 0 Å². The van der Waals surface area contributed by atoms with Gasteiger partial charge in [-0.3, -0.25) is 4.55 Å². The van der Waals surface area contributed by atoms with E-state index in [1.807, 2.05) is 6.92 Å². The standard InChI is InChI=1S/C11H12N2O7S2/c1-2-5-3-6-7-4-12(8(10(14)15)9(6)21-5)11(16)13(7)20-22(17,18)19/h3,7-8H,2,4H2,1H3,(H,14,15)(H,17,18,19)/t7-,8-/m0/s1. The lowest BCUT2D eigenvalue weighted by molar-refractivity contribution is -0.142. The first-order valence-electron chi connectivity index (χ1n) is 6.35. The highest BCUT2D eigenvalue weighted by Gasteiger charge is 2.53. The minimum atomic E-state index is -4.88. The monoisotopic (exact) mass is 348 g/mol. The van der Waals surface area contributed by atoms with Gasteiger partial charge in [0.15, 0.2) is 6.04 Å². The van der Waals surface area contributed by atoms with Crippen LogP contribution in [0.15, 0.2) is 6.07 Å². The molecule has 2 bridgehead atoms. The van der Waals surface area contributed by atoms with Crippen molar-refractivity contribution in [2.45, 2.75) is 25.4 Å². The van der Waals surface area contributed by atoms with Crippen LogP contribution >= 0.6 is 11.3 Å². The van der Waals surface area contributed by atoms with Gasteiger partial charge < -0.3 is 10.0 Å². The minimum Gasteiger partial charge on any atom is -0.479 e. The number of fused-ring (bicyclic) bond motifs is 4. The number of aryl methyl sites for hydroxylation is 1. The number of aliphatic carboxylic acids is 1. The van der Waals surface area contributed by atoms with Crippen LogP contribution in [0.5, 0.6) is 0 Å². The quantitative estimate of drug-likeness (QED) is 0.777. The van der Waals surface area contributed by atoms with Gasteiger partial charge in [0.1, 0.15) is 6.04 Å². The van der Waals surface area contributed by atoms with Crippen LogP contribution in [0.25, 0.3) is 0 Å². The molecule has 3 heterocycles. The third kappa shape index (κ3) is 2.26. The number of hydrogen-bond donors (Lipinski definition) is 2. The highest BCUT2D eigenvalue weighted by molar-refractivity contribution is 7.80. The first kappa shape index (κ1) is 15.2. The number of hydroxylamine groups is 2. The molecule has 2 N–H and O–H groups in total. The lowest BCUT2D eigenvalue weighted by Crippen LogP contribution is -2.38. The Bertz CT molecular complexity index is 756. The number of rotatable bonds is 4. The number of carbonyl (C=O) groups excluding carboxylic acids is 1. The largest absolute Gasteiger partial charge is 0.479 e. The third-order valence-corrected chi connectivity index (χ3v) is 5.30. The van der Waals surface area contributed by atoms with Gasteiger partial charge >= 0.3 is 22.4 Å². The van der Waals surface area contributed by atoms with Crippen molar-refractivity contribution in [1.29, 1.82) is 0 Å². The van der Waals surface area contributed by atoms with E-state index in [1.165, 1.54) is 11.3 Å². The Morgan fingerprint density at radius 3 is 2.77 bits per heavy atom. The zero-order valence-electron chi connectivity index (χ0n) is 11.3. The predicted molar refractivity (Wildman–Crippen MR) is 73.4 cm³/mol. The molecule has 0 unspecified atom stereocenters. The SMILES string of the molecule is CCc1cc2c(s1)[C@@H](C(=O)O)N1C[C@@H]2N(OS(=O)(=O)O)C1=O. The topological polar surface area (TPSA) is 124 Å². The molecule has 1 aromatic rings. The molecule has 120 valence electrons. The highest BCUT2D eigenvalue weighted by atomic mass is 32.3. The van der Waals surface area contributed by atoms with Gasteiger partial charge in [0.2, 0.25) is 0 Å². The van der Waals surface area contributed by atoms with E-state index in [2.05, 4.69) is 4.28 Å². The Morgan fingerprint density at radius 1 is 1.55 bits per heavy atom. The van der Waals surface area contributed by atoms with Crippen molar-refractivity contribution in [1.82, 2.24) is 9.96 Å². The zero-order valence-corrected chi connectivity index (χ0v) is 12.9. The van der Waals surface area contributed by atoms with Crippen LogP contribution in [-0.2, 0) is 25.9 Å². The second-order valence-corrected chi connectivity index (χ2v) is 7.08. The van der Waals surface area contributed by atoms with Crippen molar-refractivity contribution in [3.63, 3.8) is 0 Å². The molecule has 0 aliphatic carbocycles. The number of hydrogen-bond acceptors (Lipinski definition) is 6. The zero-order chi connectivity index (χ0) is 16.2. The van der Waals surface area contributed by atoms with Crippen LogP contribution in [0.4, 0.5) is 4.79 Å². The molecular formula is C11H12N2O7S2. The Labute approximate surface area is 129 Å². The maximum absolute atomic E-state index is 12.2. The van der Waals surface area contributed by atoms with E-state index >= 15 is 0 Å². The highest BCUT2D eigenvalue weighted by Crippen LogP contribution is 2.47. The fourth-order valence-corrected chi connectivity index (χ4v) is 4.37. The maximum atomic E-state index is 12.2. The molecule has 0 saturated carbocycles. The van der Waals surface area contributed by atoms with Gasteiger partial charge in [-0.15, -0.1) is 15.6 Å². The summed E-state index contributed by atoms with van der Waals surface area (Å²) in [5.74, 6) is -1.20. The molecule has 2 aliphatic rings. The number of carbonyl (C=O) groups is 2. The molecule has 11 heteroatoms. The molecule has 1 aromatic heterocycles. The summed E-state index contributed by atoms with van der Waals surface area (Å²) < 4.78 is 35.0. The van der Waals surface area contributed by atoms with Gasteiger partial charge in [0.05, 0.1) is 6.54 Å². The van der Waals surface area contributed by atoms with Gasteiger partial charge in [0.25, 0.3) is 0 Å². The summed E-state index contributed by atoms with van der Waals surface area (Å²) in [5.41, 5.74) is 0.542.